The molecule has 0 aliphatic heterocycles. The predicted molar refractivity (Wildman–Crippen MR) is 78.1 cm³/mol. The lowest BCUT2D eigenvalue weighted by molar-refractivity contribution is 0.405. The van der Waals surface area contributed by atoms with Crippen molar-refractivity contribution in [1.29, 1.82) is 0 Å². The first kappa shape index (κ1) is 13.7. The van der Waals surface area contributed by atoms with Crippen molar-refractivity contribution >= 4 is 16.6 Å². The number of aromatic nitrogens is 1. The number of benzene rings is 1. The summed E-state index contributed by atoms with van der Waals surface area (Å²) in [7, 11) is 4.11. The lowest BCUT2D eigenvalue weighted by Crippen LogP contribution is -2.16. The van der Waals surface area contributed by atoms with Gasteiger partial charge in [0.2, 0.25) is 0 Å². The summed E-state index contributed by atoms with van der Waals surface area (Å²) in [6, 6.07) is 6.68. The quantitative estimate of drug-likeness (QED) is 0.838. The molecule has 4 heteroatoms. The first-order chi connectivity index (χ1) is 9.06. The average molecular weight is 261 g/mol. The summed E-state index contributed by atoms with van der Waals surface area (Å²) in [6.45, 7) is 3.85. The summed E-state index contributed by atoms with van der Waals surface area (Å²) in [5.41, 5.74) is 2.73. The molecule has 0 radical (unpaired) electrons. The molecule has 0 aliphatic rings. The van der Waals surface area contributed by atoms with Crippen molar-refractivity contribution in [2.45, 2.75) is 13.3 Å². The molecule has 3 nitrogen and oxygen atoms in total. The highest BCUT2D eigenvalue weighted by Gasteiger charge is 2.05. The molecule has 0 spiro atoms. The molecule has 1 N–H and O–H groups in total. The number of nitrogens with zero attached hydrogens (tertiary/aromatic N) is 2. The third-order valence-corrected chi connectivity index (χ3v) is 3.00. The maximum absolute atomic E-state index is 13.3. The highest BCUT2D eigenvalue weighted by atomic mass is 19.1. The number of anilines is 1. The van der Waals surface area contributed by atoms with Crippen molar-refractivity contribution in [3.8, 4) is 0 Å². The van der Waals surface area contributed by atoms with Crippen molar-refractivity contribution in [3.63, 3.8) is 0 Å². The Balaban J connectivity index is 2.19. The fourth-order valence-corrected chi connectivity index (χ4v) is 2.09. The Kier molecular flexibility index (Phi) is 4.32. The van der Waals surface area contributed by atoms with Crippen molar-refractivity contribution in [1.82, 2.24) is 9.88 Å². The van der Waals surface area contributed by atoms with Crippen molar-refractivity contribution in [2.24, 2.45) is 0 Å². The van der Waals surface area contributed by atoms with Gasteiger partial charge in [0.15, 0.2) is 0 Å². The smallest absolute Gasteiger partial charge is 0.124 e. The Labute approximate surface area is 113 Å². The van der Waals surface area contributed by atoms with E-state index in [2.05, 4.69) is 29.3 Å². The number of hydrogen-bond donors (Lipinski definition) is 1. The van der Waals surface area contributed by atoms with Gasteiger partial charge in [-0.3, -0.25) is 4.98 Å². The van der Waals surface area contributed by atoms with Crippen LogP contribution < -0.4 is 5.32 Å². The first-order valence-corrected chi connectivity index (χ1v) is 6.52. The minimum absolute atomic E-state index is 0.227. The Morgan fingerprint density at radius 3 is 2.79 bits per heavy atom. The molecule has 1 heterocycles. The molecular weight excluding hydrogens is 241 g/mol. The molecule has 19 heavy (non-hydrogen) atoms. The molecule has 1 aromatic carbocycles. The van der Waals surface area contributed by atoms with Crippen LogP contribution in [-0.4, -0.2) is 37.1 Å². The summed E-state index contributed by atoms with van der Waals surface area (Å²) < 4.78 is 13.3. The lowest BCUT2D eigenvalue weighted by atomic mass is 10.1. The van der Waals surface area contributed by atoms with Crippen molar-refractivity contribution in [3.05, 3.63) is 35.8 Å². The minimum Gasteiger partial charge on any atom is -0.384 e. The molecule has 0 atom stereocenters. The van der Waals surface area contributed by atoms with Crippen LogP contribution in [0.15, 0.2) is 24.3 Å². The van der Waals surface area contributed by atoms with E-state index in [4.69, 9.17) is 0 Å². The molecule has 0 unspecified atom stereocenters. The van der Waals surface area contributed by atoms with Crippen LogP contribution in [0.2, 0.25) is 0 Å². The Morgan fingerprint density at radius 1 is 1.26 bits per heavy atom. The second kappa shape index (κ2) is 5.97. The number of hydrogen-bond acceptors (Lipinski definition) is 3. The third kappa shape index (κ3) is 3.64. The normalized spacial score (nSPS) is 11.2. The number of nitrogens with one attached hydrogen (secondary N) is 1. The maximum Gasteiger partial charge on any atom is 0.124 e. The van der Waals surface area contributed by atoms with Crippen LogP contribution in [-0.2, 0) is 0 Å². The van der Waals surface area contributed by atoms with E-state index in [1.165, 1.54) is 12.1 Å². The highest BCUT2D eigenvalue weighted by Crippen LogP contribution is 2.24. The van der Waals surface area contributed by atoms with Gasteiger partial charge in [-0.1, -0.05) is 0 Å². The summed E-state index contributed by atoms with van der Waals surface area (Å²) >= 11 is 0. The van der Waals surface area contributed by atoms with Crippen molar-refractivity contribution < 1.29 is 4.39 Å². The van der Waals surface area contributed by atoms with Gasteiger partial charge in [-0.15, -0.1) is 0 Å². The van der Waals surface area contributed by atoms with Crippen LogP contribution in [0.1, 0.15) is 12.1 Å². The standard InChI is InChI=1S/C15H20FN3/c1-11-9-15(17-7-4-8-19(2)3)13-10-12(16)5-6-14(13)18-11/h5-6,9-10H,4,7-8H2,1-3H3,(H,17,18). The fraction of sp³-hybridized carbons (Fsp3) is 0.400. The monoisotopic (exact) mass is 261 g/mol. The fourth-order valence-electron chi connectivity index (χ4n) is 2.09. The Hall–Kier alpha value is -1.68. The highest BCUT2D eigenvalue weighted by molar-refractivity contribution is 5.91. The summed E-state index contributed by atoms with van der Waals surface area (Å²) in [5.74, 6) is -0.227. The van der Waals surface area contributed by atoms with Crippen LogP contribution in [0.4, 0.5) is 10.1 Å². The molecule has 0 fully saturated rings. The SMILES string of the molecule is Cc1cc(NCCCN(C)C)c2cc(F)ccc2n1. The molecule has 1 aromatic heterocycles. The topological polar surface area (TPSA) is 28.2 Å². The largest absolute Gasteiger partial charge is 0.384 e. The molecule has 2 aromatic rings. The molecule has 2 rings (SSSR count). The molecule has 0 saturated carbocycles. The zero-order valence-electron chi connectivity index (χ0n) is 11.7. The minimum atomic E-state index is -0.227. The zero-order valence-corrected chi connectivity index (χ0v) is 11.7. The van der Waals surface area contributed by atoms with Gasteiger partial charge in [0.25, 0.3) is 0 Å². The molecule has 0 amide bonds. The molecule has 102 valence electrons. The van der Waals surface area contributed by atoms with Crippen LogP contribution in [0.3, 0.4) is 0 Å². The number of pyridine rings is 1. The molecular formula is C15H20FN3. The van der Waals surface area contributed by atoms with Crippen LogP contribution >= 0.6 is 0 Å². The van der Waals surface area contributed by atoms with E-state index < -0.39 is 0 Å². The van der Waals surface area contributed by atoms with E-state index in [1.807, 2.05) is 13.0 Å². The lowest BCUT2D eigenvalue weighted by Gasteiger charge is -2.13. The van der Waals surface area contributed by atoms with E-state index >= 15 is 0 Å². The third-order valence-electron chi connectivity index (χ3n) is 3.00. The molecule has 0 aliphatic carbocycles. The average Bonchev–Trinajstić information content (AvgIpc) is 2.35. The Bertz CT molecular complexity index is 567. The van der Waals surface area contributed by atoms with Gasteiger partial charge in [0.1, 0.15) is 5.82 Å². The predicted octanol–water partition coefficient (Wildman–Crippen LogP) is 3.05. The zero-order chi connectivity index (χ0) is 13.8. The summed E-state index contributed by atoms with van der Waals surface area (Å²) in [6.07, 6.45) is 1.05. The van der Waals surface area contributed by atoms with Gasteiger partial charge < -0.3 is 10.2 Å². The number of halogens is 1. The molecule has 0 saturated heterocycles. The summed E-state index contributed by atoms with van der Waals surface area (Å²) in [4.78, 5) is 6.57. The Morgan fingerprint density at radius 2 is 2.05 bits per heavy atom. The maximum atomic E-state index is 13.3. The number of aryl methyl sites for hydroxylation is 1. The van der Waals surface area contributed by atoms with Gasteiger partial charge in [0, 0.05) is 23.3 Å². The van der Waals surface area contributed by atoms with Gasteiger partial charge in [-0.2, -0.15) is 0 Å². The molecule has 0 bridgehead atoms. The van der Waals surface area contributed by atoms with Gasteiger partial charge in [-0.05, 0) is 58.3 Å². The second-order valence-corrected chi connectivity index (χ2v) is 5.06. The van der Waals surface area contributed by atoms with E-state index in [9.17, 15) is 4.39 Å². The van der Waals surface area contributed by atoms with Gasteiger partial charge in [-0.25, -0.2) is 4.39 Å². The second-order valence-electron chi connectivity index (χ2n) is 5.06. The number of rotatable bonds is 5. The van der Waals surface area contributed by atoms with Crippen LogP contribution in [0.5, 0.6) is 0 Å². The summed E-state index contributed by atoms with van der Waals surface area (Å²) in [5, 5.41) is 4.22. The van der Waals surface area contributed by atoms with Crippen molar-refractivity contribution in [2.75, 3.05) is 32.5 Å². The van der Waals surface area contributed by atoms with Crippen LogP contribution in [0, 0.1) is 12.7 Å². The van der Waals surface area contributed by atoms with E-state index in [0.29, 0.717) is 0 Å². The number of fused-ring (bicyclic) bond motifs is 1. The van der Waals surface area contributed by atoms with Crippen LogP contribution in [0.25, 0.3) is 10.9 Å². The van der Waals surface area contributed by atoms with E-state index in [1.54, 1.807) is 6.07 Å². The van der Waals surface area contributed by atoms with Gasteiger partial charge >= 0.3 is 0 Å². The van der Waals surface area contributed by atoms with E-state index in [-0.39, 0.29) is 5.82 Å². The first-order valence-electron chi connectivity index (χ1n) is 6.52. The van der Waals surface area contributed by atoms with Gasteiger partial charge in [0.05, 0.1) is 5.52 Å². The van der Waals surface area contributed by atoms with E-state index in [0.717, 1.165) is 41.8 Å².